The number of anilines is 2. The van der Waals surface area contributed by atoms with Crippen LogP contribution < -0.4 is 15.4 Å². The van der Waals surface area contributed by atoms with Gasteiger partial charge in [-0.1, -0.05) is 15.9 Å². The van der Waals surface area contributed by atoms with Crippen LogP contribution >= 0.6 is 15.9 Å². The summed E-state index contributed by atoms with van der Waals surface area (Å²) in [4.78, 5) is 24.5. The number of methoxy groups -OCH3 is 1. The van der Waals surface area contributed by atoms with Gasteiger partial charge in [-0.05, 0) is 56.3 Å². The van der Waals surface area contributed by atoms with E-state index in [-0.39, 0.29) is 11.8 Å². The van der Waals surface area contributed by atoms with Crippen molar-refractivity contribution in [3.63, 3.8) is 0 Å². The Balaban J connectivity index is 1.95. The number of nitrogens with zero attached hydrogens (tertiary/aromatic N) is 1. The van der Waals surface area contributed by atoms with Gasteiger partial charge in [-0.15, -0.1) is 0 Å². The average Bonchev–Trinajstić information content (AvgIpc) is 2.98. The SMILES string of the molecule is COc1ccc(NC(C)=O)c(NC(=O)c2cc(C)n(-c3ccc(Br)cc3)c2C)c1. The molecule has 1 heterocycles. The molecule has 0 bridgehead atoms. The summed E-state index contributed by atoms with van der Waals surface area (Å²) in [6.45, 7) is 5.28. The van der Waals surface area contributed by atoms with E-state index in [2.05, 4.69) is 26.6 Å². The molecule has 1 aromatic heterocycles. The molecule has 0 atom stereocenters. The lowest BCUT2D eigenvalue weighted by molar-refractivity contribution is -0.114. The summed E-state index contributed by atoms with van der Waals surface area (Å²) >= 11 is 3.44. The number of carbonyl (C=O) groups is 2. The minimum absolute atomic E-state index is 0.223. The Morgan fingerprint density at radius 1 is 0.966 bits per heavy atom. The van der Waals surface area contributed by atoms with Crippen molar-refractivity contribution in [3.8, 4) is 11.4 Å². The fourth-order valence-electron chi connectivity index (χ4n) is 3.22. The first kappa shape index (κ1) is 20.7. The van der Waals surface area contributed by atoms with Gasteiger partial charge >= 0.3 is 0 Å². The van der Waals surface area contributed by atoms with Crippen molar-refractivity contribution >= 4 is 39.1 Å². The Bertz CT molecular complexity index is 1070. The molecule has 29 heavy (non-hydrogen) atoms. The van der Waals surface area contributed by atoms with E-state index in [1.807, 2.05) is 48.7 Å². The highest BCUT2D eigenvalue weighted by Gasteiger charge is 2.18. The summed E-state index contributed by atoms with van der Waals surface area (Å²) in [7, 11) is 1.55. The Labute approximate surface area is 178 Å². The normalized spacial score (nSPS) is 10.5. The quantitative estimate of drug-likeness (QED) is 0.563. The molecular weight excluding hydrogens is 434 g/mol. The first-order valence-electron chi connectivity index (χ1n) is 9.02. The number of benzene rings is 2. The van der Waals surface area contributed by atoms with Gasteiger partial charge in [0.1, 0.15) is 5.75 Å². The average molecular weight is 456 g/mol. The van der Waals surface area contributed by atoms with Gasteiger partial charge in [0.25, 0.3) is 5.91 Å². The van der Waals surface area contributed by atoms with E-state index in [1.165, 1.54) is 6.92 Å². The highest BCUT2D eigenvalue weighted by atomic mass is 79.9. The lowest BCUT2D eigenvalue weighted by atomic mass is 10.2. The van der Waals surface area contributed by atoms with Crippen LogP contribution in [-0.4, -0.2) is 23.5 Å². The van der Waals surface area contributed by atoms with E-state index < -0.39 is 0 Å². The van der Waals surface area contributed by atoms with Crippen LogP contribution in [0.3, 0.4) is 0 Å². The number of aromatic nitrogens is 1. The summed E-state index contributed by atoms with van der Waals surface area (Å²) < 4.78 is 8.26. The second-order valence-electron chi connectivity index (χ2n) is 6.64. The third-order valence-corrected chi connectivity index (χ3v) is 5.07. The lowest BCUT2D eigenvalue weighted by Gasteiger charge is -2.13. The second kappa shape index (κ2) is 8.53. The van der Waals surface area contributed by atoms with Crippen LogP contribution in [0, 0.1) is 13.8 Å². The van der Waals surface area contributed by atoms with Gasteiger partial charge in [-0.25, -0.2) is 0 Å². The van der Waals surface area contributed by atoms with Crippen LogP contribution in [0.2, 0.25) is 0 Å². The fourth-order valence-corrected chi connectivity index (χ4v) is 3.49. The number of carbonyl (C=O) groups excluding carboxylic acids is 2. The first-order valence-corrected chi connectivity index (χ1v) is 9.81. The zero-order valence-electron chi connectivity index (χ0n) is 16.7. The number of ether oxygens (including phenoxy) is 1. The van der Waals surface area contributed by atoms with E-state index in [0.717, 1.165) is 21.5 Å². The van der Waals surface area contributed by atoms with Crippen molar-refractivity contribution in [3.05, 3.63) is 70.0 Å². The molecule has 6 nitrogen and oxygen atoms in total. The highest BCUT2D eigenvalue weighted by Crippen LogP contribution is 2.29. The Hall–Kier alpha value is -3.06. The van der Waals surface area contributed by atoms with Gasteiger partial charge in [0.2, 0.25) is 5.91 Å². The molecule has 2 amide bonds. The Morgan fingerprint density at radius 2 is 1.66 bits per heavy atom. The number of hydrogen-bond acceptors (Lipinski definition) is 3. The molecule has 0 saturated carbocycles. The maximum atomic E-state index is 13.0. The molecule has 0 radical (unpaired) electrons. The molecule has 0 aliphatic carbocycles. The van der Waals surface area contributed by atoms with Crippen molar-refractivity contribution in [2.75, 3.05) is 17.7 Å². The smallest absolute Gasteiger partial charge is 0.257 e. The zero-order valence-corrected chi connectivity index (χ0v) is 18.3. The molecule has 150 valence electrons. The van der Waals surface area contributed by atoms with Gasteiger partial charge in [-0.2, -0.15) is 0 Å². The van der Waals surface area contributed by atoms with E-state index in [4.69, 9.17) is 4.74 Å². The van der Waals surface area contributed by atoms with Crippen LogP contribution in [0.4, 0.5) is 11.4 Å². The molecule has 0 spiro atoms. The molecule has 2 N–H and O–H groups in total. The minimum Gasteiger partial charge on any atom is -0.497 e. The monoisotopic (exact) mass is 455 g/mol. The summed E-state index contributed by atoms with van der Waals surface area (Å²) in [6, 6.07) is 14.8. The lowest BCUT2D eigenvalue weighted by Crippen LogP contribution is -2.16. The summed E-state index contributed by atoms with van der Waals surface area (Å²) in [5, 5.41) is 5.62. The van der Waals surface area contributed by atoms with Crippen molar-refractivity contribution < 1.29 is 14.3 Å². The van der Waals surface area contributed by atoms with E-state index in [0.29, 0.717) is 22.7 Å². The Morgan fingerprint density at radius 3 is 2.28 bits per heavy atom. The molecule has 2 aromatic carbocycles. The van der Waals surface area contributed by atoms with Crippen molar-refractivity contribution in [1.29, 1.82) is 0 Å². The minimum atomic E-state index is -0.263. The van der Waals surface area contributed by atoms with Crippen molar-refractivity contribution in [2.45, 2.75) is 20.8 Å². The molecular formula is C22H22BrN3O3. The molecule has 7 heteroatoms. The summed E-state index contributed by atoms with van der Waals surface area (Å²) in [5.41, 5.74) is 4.28. The predicted molar refractivity (Wildman–Crippen MR) is 118 cm³/mol. The van der Waals surface area contributed by atoms with Crippen LogP contribution in [-0.2, 0) is 4.79 Å². The topological polar surface area (TPSA) is 72.4 Å². The fraction of sp³-hybridized carbons (Fsp3) is 0.182. The number of hydrogen-bond donors (Lipinski definition) is 2. The van der Waals surface area contributed by atoms with Crippen LogP contribution in [0.5, 0.6) is 5.75 Å². The molecule has 0 aliphatic heterocycles. The van der Waals surface area contributed by atoms with Crippen LogP contribution in [0.1, 0.15) is 28.7 Å². The largest absolute Gasteiger partial charge is 0.497 e. The molecule has 0 unspecified atom stereocenters. The third-order valence-electron chi connectivity index (χ3n) is 4.55. The van der Waals surface area contributed by atoms with Crippen molar-refractivity contribution in [1.82, 2.24) is 4.57 Å². The van der Waals surface area contributed by atoms with Gasteiger partial charge in [0, 0.05) is 34.5 Å². The van der Waals surface area contributed by atoms with E-state index in [1.54, 1.807) is 25.3 Å². The number of rotatable bonds is 5. The highest BCUT2D eigenvalue weighted by molar-refractivity contribution is 9.10. The van der Waals surface area contributed by atoms with Gasteiger partial charge in [0.15, 0.2) is 0 Å². The molecule has 3 aromatic rings. The molecule has 0 fully saturated rings. The predicted octanol–water partition coefficient (Wildman–Crippen LogP) is 5.08. The maximum absolute atomic E-state index is 13.0. The van der Waals surface area contributed by atoms with Gasteiger partial charge in [0.05, 0.1) is 24.0 Å². The van der Waals surface area contributed by atoms with Crippen molar-refractivity contribution in [2.24, 2.45) is 0 Å². The van der Waals surface area contributed by atoms with Crippen LogP contribution in [0.25, 0.3) is 5.69 Å². The van der Waals surface area contributed by atoms with Gasteiger partial charge in [-0.3, -0.25) is 9.59 Å². The zero-order chi connectivity index (χ0) is 21.1. The first-order chi connectivity index (χ1) is 13.8. The van der Waals surface area contributed by atoms with E-state index in [9.17, 15) is 9.59 Å². The number of halogens is 1. The third kappa shape index (κ3) is 4.51. The number of amides is 2. The molecule has 0 aliphatic rings. The maximum Gasteiger partial charge on any atom is 0.257 e. The second-order valence-corrected chi connectivity index (χ2v) is 7.56. The van der Waals surface area contributed by atoms with E-state index >= 15 is 0 Å². The number of aryl methyl sites for hydroxylation is 1. The van der Waals surface area contributed by atoms with Crippen LogP contribution in [0.15, 0.2) is 53.0 Å². The standard InChI is InChI=1S/C22H22BrN3O3/c1-13-11-19(14(2)26(13)17-7-5-16(23)6-8-17)22(28)25-21-12-18(29-4)9-10-20(21)24-15(3)27/h5-12H,1-4H3,(H,24,27)(H,25,28). The Kier molecular flexibility index (Phi) is 6.08. The summed E-state index contributed by atoms with van der Waals surface area (Å²) in [5.74, 6) is 0.0927. The molecule has 0 saturated heterocycles. The molecule has 3 rings (SSSR count). The number of nitrogens with one attached hydrogen (secondary N) is 2. The van der Waals surface area contributed by atoms with Gasteiger partial charge < -0.3 is 19.9 Å². The summed E-state index contributed by atoms with van der Waals surface area (Å²) in [6.07, 6.45) is 0.